The van der Waals surface area contributed by atoms with Crippen molar-refractivity contribution in [2.24, 2.45) is 5.10 Å². The smallest absolute Gasteiger partial charge is 0.343 e. The number of rotatable bonds is 9. The fourth-order valence-corrected chi connectivity index (χ4v) is 3.77. The SMILES string of the molecule is COc1ccc(C(=O)Oc2ccc(C=NNC(=O)C(O)(c3ccccc3)c3ccccc3)cc2OC)cc1. The highest BCUT2D eigenvalue weighted by Gasteiger charge is 2.39. The first-order chi connectivity index (χ1) is 18.5. The third-order valence-electron chi connectivity index (χ3n) is 5.81. The molecule has 0 fully saturated rings. The summed E-state index contributed by atoms with van der Waals surface area (Å²) in [7, 11) is 2.99. The van der Waals surface area contributed by atoms with E-state index in [1.165, 1.54) is 13.3 Å². The molecule has 0 aromatic heterocycles. The molecule has 0 heterocycles. The highest BCUT2D eigenvalue weighted by molar-refractivity contribution is 5.92. The summed E-state index contributed by atoms with van der Waals surface area (Å²) in [5, 5.41) is 15.5. The average molecular weight is 511 g/mol. The van der Waals surface area contributed by atoms with E-state index in [0.29, 0.717) is 33.8 Å². The zero-order valence-electron chi connectivity index (χ0n) is 20.8. The lowest BCUT2D eigenvalue weighted by Crippen LogP contribution is -2.43. The van der Waals surface area contributed by atoms with E-state index in [-0.39, 0.29) is 5.75 Å². The van der Waals surface area contributed by atoms with Crippen LogP contribution in [0.15, 0.2) is 108 Å². The van der Waals surface area contributed by atoms with Crippen LogP contribution in [-0.2, 0) is 10.4 Å². The van der Waals surface area contributed by atoms with Gasteiger partial charge in [0.05, 0.1) is 26.0 Å². The lowest BCUT2D eigenvalue weighted by Gasteiger charge is -2.27. The Balaban J connectivity index is 1.49. The molecule has 8 nitrogen and oxygen atoms in total. The fraction of sp³-hybridized carbons (Fsp3) is 0.100. The second-order valence-corrected chi connectivity index (χ2v) is 8.17. The van der Waals surface area contributed by atoms with Crippen LogP contribution in [0.2, 0.25) is 0 Å². The second kappa shape index (κ2) is 11.9. The van der Waals surface area contributed by atoms with E-state index in [0.717, 1.165) is 0 Å². The number of methoxy groups -OCH3 is 2. The van der Waals surface area contributed by atoms with Crippen molar-refractivity contribution in [1.82, 2.24) is 5.43 Å². The molecule has 0 aliphatic rings. The minimum absolute atomic E-state index is 0.219. The predicted octanol–water partition coefficient (Wildman–Crippen LogP) is 4.31. The van der Waals surface area contributed by atoms with Gasteiger partial charge in [-0.25, -0.2) is 10.2 Å². The minimum atomic E-state index is -1.95. The third kappa shape index (κ3) is 5.71. The standard InChI is InChI=1S/C30H26N2O6/c1-36-25-16-14-22(15-17-25)28(33)38-26-18-13-21(19-27(26)37-2)20-31-32-29(34)30(35,23-9-5-3-6-10-23)24-11-7-4-8-12-24/h3-20,35H,1-2H3,(H,32,34). The van der Waals surface area contributed by atoms with E-state index in [4.69, 9.17) is 14.2 Å². The number of nitrogens with one attached hydrogen (secondary N) is 1. The average Bonchev–Trinajstić information content (AvgIpc) is 2.98. The number of carbonyl (C=O) groups excluding carboxylic acids is 2. The van der Waals surface area contributed by atoms with Gasteiger partial charge in [-0.15, -0.1) is 0 Å². The Labute approximate surface area is 220 Å². The lowest BCUT2D eigenvalue weighted by molar-refractivity contribution is -0.136. The summed E-state index contributed by atoms with van der Waals surface area (Å²) in [6, 6.07) is 28.6. The molecule has 0 saturated carbocycles. The molecule has 0 bridgehead atoms. The van der Waals surface area contributed by atoms with Crippen LogP contribution in [0.1, 0.15) is 27.0 Å². The number of nitrogens with zero attached hydrogens (tertiary/aromatic N) is 1. The van der Waals surface area contributed by atoms with Crippen LogP contribution in [0.3, 0.4) is 0 Å². The van der Waals surface area contributed by atoms with E-state index >= 15 is 0 Å². The Morgan fingerprint density at radius 3 is 1.95 bits per heavy atom. The predicted molar refractivity (Wildman–Crippen MR) is 143 cm³/mol. The molecule has 4 aromatic carbocycles. The number of esters is 1. The van der Waals surface area contributed by atoms with Crippen molar-refractivity contribution >= 4 is 18.1 Å². The van der Waals surface area contributed by atoms with Crippen molar-refractivity contribution in [3.8, 4) is 17.2 Å². The third-order valence-corrected chi connectivity index (χ3v) is 5.81. The summed E-state index contributed by atoms with van der Waals surface area (Å²) in [6.07, 6.45) is 1.39. The molecule has 2 N–H and O–H groups in total. The first-order valence-electron chi connectivity index (χ1n) is 11.7. The van der Waals surface area contributed by atoms with Gasteiger partial charge in [-0.1, -0.05) is 60.7 Å². The molecule has 1 amide bonds. The van der Waals surface area contributed by atoms with Crippen LogP contribution in [0.25, 0.3) is 0 Å². The zero-order chi connectivity index (χ0) is 27.0. The summed E-state index contributed by atoms with van der Waals surface area (Å²) in [4.78, 5) is 25.7. The van der Waals surface area contributed by atoms with Gasteiger partial charge in [-0.2, -0.15) is 5.10 Å². The molecule has 4 rings (SSSR count). The molecule has 192 valence electrons. The number of ether oxygens (including phenoxy) is 3. The first kappa shape index (κ1) is 26.1. The van der Waals surface area contributed by atoms with Gasteiger partial charge in [0.15, 0.2) is 17.1 Å². The molecular formula is C30H26N2O6. The number of amides is 1. The molecule has 0 radical (unpaired) electrons. The Hall–Kier alpha value is -4.95. The molecule has 4 aromatic rings. The zero-order valence-corrected chi connectivity index (χ0v) is 20.8. The van der Waals surface area contributed by atoms with Gasteiger partial charge in [-0.05, 0) is 59.2 Å². The van der Waals surface area contributed by atoms with Gasteiger partial charge in [0.2, 0.25) is 0 Å². The Morgan fingerprint density at radius 1 is 0.789 bits per heavy atom. The van der Waals surface area contributed by atoms with E-state index in [1.54, 1.807) is 110 Å². The minimum Gasteiger partial charge on any atom is -0.497 e. The van der Waals surface area contributed by atoms with Gasteiger partial charge < -0.3 is 19.3 Å². The second-order valence-electron chi connectivity index (χ2n) is 8.17. The summed E-state index contributed by atoms with van der Waals surface area (Å²) in [6.45, 7) is 0. The quantitative estimate of drug-likeness (QED) is 0.150. The summed E-state index contributed by atoms with van der Waals surface area (Å²) < 4.78 is 16.0. The number of benzene rings is 4. The molecule has 0 atom stereocenters. The van der Waals surface area contributed by atoms with E-state index in [9.17, 15) is 14.7 Å². The molecule has 0 saturated heterocycles. The van der Waals surface area contributed by atoms with Crippen molar-refractivity contribution in [2.45, 2.75) is 5.60 Å². The fourth-order valence-electron chi connectivity index (χ4n) is 3.77. The number of hydrogen-bond acceptors (Lipinski definition) is 7. The first-order valence-corrected chi connectivity index (χ1v) is 11.7. The summed E-state index contributed by atoms with van der Waals surface area (Å²) in [5.74, 6) is -0.131. The molecule has 0 spiro atoms. The van der Waals surface area contributed by atoms with Gasteiger partial charge in [0, 0.05) is 0 Å². The van der Waals surface area contributed by atoms with Crippen molar-refractivity contribution in [3.63, 3.8) is 0 Å². The van der Waals surface area contributed by atoms with E-state index in [2.05, 4.69) is 10.5 Å². The Kier molecular flexibility index (Phi) is 8.15. The van der Waals surface area contributed by atoms with Crippen molar-refractivity contribution in [3.05, 3.63) is 125 Å². The van der Waals surface area contributed by atoms with Crippen LogP contribution >= 0.6 is 0 Å². The van der Waals surface area contributed by atoms with Crippen LogP contribution < -0.4 is 19.6 Å². The van der Waals surface area contributed by atoms with Crippen molar-refractivity contribution in [2.75, 3.05) is 14.2 Å². The Morgan fingerprint density at radius 2 is 1.39 bits per heavy atom. The highest BCUT2D eigenvalue weighted by atomic mass is 16.6. The topological polar surface area (TPSA) is 106 Å². The largest absolute Gasteiger partial charge is 0.497 e. The van der Waals surface area contributed by atoms with Crippen LogP contribution in [0.5, 0.6) is 17.2 Å². The molecule has 38 heavy (non-hydrogen) atoms. The van der Waals surface area contributed by atoms with Gasteiger partial charge in [0.25, 0.3) is 5.91 Å². The molecule has 8 heteroatoms. The van der Waals surface area contributed by atoms with Crippen LogP contribution in [0.4, 0.5) is 0 Å². The van der Waals surface area contributed by atoms with E-state index < -0.39 is 17.5 Å². The van der Waals surface area contributed by atoms with Crippen molar-refractivity contribution < 1.29 is 28.9 Å². The van der Waals surface area contributed by atoms with Crippen LogP contribution in [0, 0.1) is 0 Å². The molecular weight excluding hydrogens is 484 g/mol. The molecule has 0 unspecified atom stereocenters. The highest BCUT2D eigenvalue weighted by Crippen LogP contribution is 2.30. The van der Waals surface area contributed by atoms with Gasteiger partial charge >= 0.3 is 5.97 Å². The van der Waals surface area contributed by atoms with E-state index in [1.807, 2.05) is 0 Å². The Bertz CT molecular complexity index is 1380. The lowest BCUT2D eigenvalue weighted by atomic mass is 9.85. The number of hydrogen-bond donors (Lipinski definition) is 2. The summed E-state index contributed by atoms with van der Waals surface area (Å²) >= 11 is 0. The number of carbonyl (C=O) groups is 2. The number of hydrazone groups is 1. The maximum absolute atomic E-state index is 13.2. The maximum atomic E-state index is 13.2. The molecule has 0 aliphatic heterocycles. The van der Waals surface area contributed by atoms with Crippen LogP contribution in [-0.4, -0.2) is 37.4 Å². The van der Waals surface area contributed by atoms with Gasteiger partial charge in [-0.3, -0.25) is 4.79 Å². The maximum Gasteiger partial charge on any atom is 0.343 e. The monoisotopic (exact) mass is 510 g/mol. The number of aliphatic hydroxyl groups is 1. The summed E-state index contributed by atoms with van der Waals surface area (Å²) in [5.41, 5.74) is 2.21. The molecule has 0 aliphatic carbocycles. The normalized spacial score (nSPS) is 11.1. The van der Waals surface area contributed by atoms with Gasteiger partial charge in [0.1, 0.15) is 5.75 Å². The van der Waals surface area contributed by atoms with Crippen molar-refractivity contribution in [1.29, 1.82) is 0 Å².